The highest BCUT2D eigenvalue weighted by molar-refractivity contribution is 6.32. The summed E-state index contributed by atoms with van der Waals surface area (Å²) < 4.78 is 7.50. The minimum Gasteiger partial charge on any atom is -0.489 e. The molecule has 2 heterocycles. The topological polar surface area (TPSA) is 56.2 Å². The lowest BCUT2D eigenvalue weighted by Crippen LogP contribution is -2.30. The molecule has 0 saturated carbocycles. The van der Waals surface area contributed by atoms with Crippen molar-refractivity contribution in [2.24, 2.45) is 0 Å². The molecule has 0 radical (unpaired) electrons. The van der Waals surface area contributed by atoms with Gasteiger partial charge in [0.05, 0.1) is 22.3 Å². The first-order chi connectivity index (χ1) is 11.0. The maximum atomic E-state index is 12.7. The van der Waals surface area contributed by atoms with Gasteiger partial charge in [-0.3, -0.25) is 9.48 Å². The van der Waals surface area contributed by atoms with Crippen molar-refractivity contribution in [3.8, 4) is 5.75 Å². The molecule has 23 heavy (non-hydrogen) atoms. The van der Waals surface area contributed by atoms with E-state index in [1.165, 1.54) is 0 Å². The molecule has 1 N–H and O–H groups in total. The van der Waals surface area contributed by atoms with Gasteiger partial charge in [-0.1, -0.05) is 30.7 Å². The van der Waals surface area contributed by atoms with Crippen LogP contribution < -0.4 is 10.1 Å². The van der Waals surface area contributed by atoms with Crippen molar-refractivity contribution in [2.75, 3.05) is 6.61 Å². The molecular weight excluding hydrogens is 314 g/mol. The largest absolute Gasteiger partial charge is 0.489 e. The standard InChI is InChI=1S/C17H20ClN3O2/c1-4-8-21-11(3)15(10(2)20-21)17(22)19-14-9-23-16-12(14)6-5-7-13(16)18/h5-7,14H,4,8-9H2,1-3H3,(H,19,22)/t14-/m0/s1. The molecule has 1 amide bonds. The molecule has 1 aliphatic rings. The van der Waals surface area contributed by atoms with E-state index in [9.17, 15) is 4.79 Å². The predicted octanol–water partition coefficient (Wildman–Crippen LogP) is 3.43. The average Bonchev–Trinajstić information content (AvgIpc) is 3.03. The Hall–Kier alpha value is -2.01. The Morgan fingerprint density at radius 3 is 3.00 bits per heavy atom. The third-order valence-electron chi connectivity index (χ3n) is 4.12. The van der Waals surface area contributed by atoms with Crippen LogP contribution in [0.4, 0.5) is 0 Å². The summed E-state index contributed by atoms with van der Waals surface area (Å²) in [4.78, 5) is 12.7. The van der Waals surface area contributed by atoms with Gasteiger partial charge in [0.2, 0.25) is 0 Å². The summed E-state index contributed by atoms with van der Waals surface area (Å²) in [5.74, 6) is 0.540. The van der Waals surface area contributed by atoms with Gasteiger partial charge in [-0.25, -0.2) is 0 Å². The number of carbonyl (C=O) groups is 1. The summed E-state index contributed by atoms with van der Waals surface area (Å²) in [6, 6.07) is 5.39. The Morgan fingerprint density at radius 1 is 1.48 bits per heavy atom. The van der Waals surface area contributed by atoms with Gasteiger partial charge in [0.1, 0.15) is 12.4 Å². The van der Waals surface area contributed by atoms with Crippen LogP contribution in [-0.2, 0) is 6.54 Å². The van der Waals surface area contributed by atoms with Gasteiger partial charge in [0.25, 0.3) is 5.91 Å². The molecule has 1 aromatic carbocycles. The number of para-hydroxylation sites is 1. The van der Waals surface area contributed by atoms with Gasteiger partial charge in [-0.15, -0.1) is 0 Å². The summed E-state index contributed by atoms with van der Waals surface area (Å²) >= 11 is 6.13. The van der Waals surface area contributed by atoms with E-state index in [0.717, 1.165) is 29.9 Å². The smallest absolute Gasteiger partial charge is 0.255 e. The van der Waals surface area contributed by atoms with Crippen molar-refractivity contribution in [1.29, 1.82) is 0 Å². The molecule has 0 saturated heterocycles. The zero-order valence-corrected chi connectivity index (χ0v) is 14.3. The molecular formula is C17H20ClN3O2. The van der Waals surface area contributed by atoms with Gasteiger partial charge in [0.15, 0.2) is 0 Å². The molecule has 1 aromatic heterocycles. The van der Waals surface area contributed by atoms with Crippen molar-refractivity contribution < 1.29 is 9.53 Å². The highest BCUT2D eigenvalue weighted by atomic mass is 35.5. The number of hydrogen-bond donors (Lipinski definition) is 1. The molecule has 0 spiro atoms. The molecule has 0 unspecified atom stereocenters. The fourth-order valence-electron chi connectivity index (χ4n) is 3.01. The molecule has 2 aromatic rings. The van der Waals surface area contributed by atoms with Crippen LogP contribution in [0.2, 0.25) is 5.02 Å². The van der Waals surface area contributed by atoms with Crippen LogP contribution in [0.1, 0.15) is 46.7 Å². The van der Waals surface area contributed by atoms with Gasteiger partial charge in [0, 0.05) is 17.8 Å². The van der Waals surface area contributed by atoms with Crippen LogP contribution in [-0.4, -0.2) is 22.3 Å². The fraction of sp³-hybridized carbons (Fsp3) is 0.412. The van der Waals surface area contributed by atoms with E-state index in [1.807, 2.05) is 30.7 Å². The average molecular weight is 334 g/mol. The normalized spacial score (nSPS) is 16.1. The number of ether oxygens (including phenoxy) is 1. The lowest BCUT2D eigenvalue weighted by Gasteiger charge is -2.12. The Kier molecular flexibility index (Phi) is 4.31. The van der Waals surface area contributed by atoms with E-state index in [1.54, 1.807) is 6.07 Å². The maximum Gasteiger partial charge on any atom is 0.255 e. The van der Waals surface area contributed by atoms with Gasteiger partial charge >= 0.3 is 0 Å². The monoisotopic (exact) mass is 333 g/mol. The molecule has 0 aliphatic carbocycles. The van der Waals surface area contributed by atoms with Crippen LogP contribution in [0.5, 0.6) is 5.75 Å². The number of amides is 1. The minimum absolute atomic E-state index is 0.122. The number of hydrogen-bond acceptors (Lipinski definition) is 3. The highest BCUT2D eigenvalue weighted by Gasteiger charge is 2.29. The van der Waals surface area contributed by atoms with E-state index < -0.39 is 0 Å². The molecule has 1 atom stereocenters. The highest BCUT2D eigenvalue weighted by Crippen LogP contribution is 2.38. The van der Waals surface area contributed by atoms with Crippen LogP contribution >= 0.6 is 11.6 Å². The van der Waals surface area contributed by atoms with Crippen LogP contribution in [0, 0.1) is 13.8 Å². The number of fused-ring (bicyclic) bond motifs is 1. The Labute approximate surface area is 140 Å². The molecule has 0 fully saturated rings. The van der Waals surface area contributed by atoms with E-state index in [2.05, 4.69) is 17.3 Å². The van der Waals surface area contributed by atoms with Gasteiger partial charge < -0.3 is 10.1 Å². The minimum atomic E-state index is -0.190. The number of rotatable bonds is 4. The second-order valence-corrected chi connectivity index (χ2v) is 6.17. The zero-order valence-electron chi connectivity index (χ0n) is 13.5. The summed E-state index contributed by atoms with van der Waals surface area (Å²) in [5, 5.41) is 8.07. The first kappa shape index (κ1) is 15.9. The number of aromatic nitrogens is 2. The van der Waals surface area contributed by atoms with Crippen molar-refractivity contribution in [3.05, 3.63) is 45.7 Å². The van der Waals surface area contributed by atoms with E-state index in [4.69, 9.17) is 16.3 Å². The fourth-order valence-corrected chi connectivity index (χ4v) is 3.25. The molecule has 1 aliphatic heterocycles. The Balaban J connectivity index is 1.83. The molecule has 122 valence electrons. The van der Waals surface area contributed by atoms with Gasteiger partial charge in [-0.05, 0) is 26.3 Å². The van der Waals surface area contributed by atoms with Gasteiger partial charge in [-0.2, -0.15) is 5.10 Å². The second kappa shape index (κ2) is 6.24. The molecule has 3 rings (SSSR count). The third-order valence-corrected chi connectivity index (χ3v) is 4.41. The lowest BCUT2D eigenvalue weighted by atomic mass is 10.1. The number of carbonyl (C=O) groups excluding carboxylic acids is 1. The van der Waals surface area contributed by atoms with Crippen molar-refractivity contribution in [1.82, 2.24) is 15.1 Å². The van der Waals surface area contributed by atoms with Crippen LogP contribution in [0.15, 0.2) is 18.2 Å². The Morgan fingerprint density at radius 2 is 2.26 bits per heavy atom. The summed E-state index contributed by atoms with van der Waals surface area (Å²) in [5.41, 5.74) is 3.21. The van der Waals surface area contributed by atoms with Crippen molar-refractivity contribution >= 4 is 17.5 Å². The maximum absolute atomic E-state index is 12.7. The number of benzene rings is 1. The molecule has 6 heteroatoms. The summed E-state index contributed by atoms with van der Waals surface area (Å²) in [6.07, 6.45) is 0.978. The quantitative estimate of drug-likeness (QED) is 0.932. The van der Waals surface area contributed by atoms with E-state index in [0.29, 0.717) is 22.9 Å². The third kappa shape index (κ3) is 2.81. The molecule has 5 nitrogen and oxygen atoms in total. The molecule has 0 bridgehead atoms. The Bertz CT molecular complexity index is 755. The number of nitrogens with one attached hydrogen (secondary N) is 1. The second-order valence-electron chi connectivity index (χ2n) is 5.76. The van der Waals surface area contributed by atoms with E-state index >= 15 is 0 Å². The number of halogens is 1. The predicted molar refractivity (Wildman–Crippen MR) is 89.1 cm³/mol. The van der Waals surface area contributed by atoms with E-state index in [-0.39, 0.29) is 11.9 Å². The zero-order chi connectivity index (χ0) is 16.6. The SMILES string of the molecule is CCCn1nc(C)c(C(=O)N[C@H]2COc3c(Cl)cccc32)c1C. The van der Waals surface area contributed by atoms with Crippen LogP contribution in [0.3, 0.4) is 0 Å². The summed E-state index contributed by atoms with van der Waals surface area (Å²) in [7, 11) is 0. The number of aryl methyl sites for hydroxylation is 2. The van der Waals surface area contributed by atoms with Crippen LogP contribution in [0.25, 0.3) is 0 Å². The van der Waals surface area contributed by atoms with Crippen molar-refractivity contribution in [3.63, 3.8) is 0 Å². The number of nitrogens with zero attached hydrogens (tertiary/aromatic N) is 2. The summed E-state index contributed by atoms with van der Waals surface area (Å²) in [6.45, 7) is 7.09. The first-order valence-corrected chi connectivity index (χ1v) is 8.16. The lowest BCUT2D eigenvalue weighted by molar-refractivity contribution is 0.0929. The first-order valence-electron chi connectivity index (χ1n) is 7.79. The van der Waals surface area contributed by atoms with Crippen molar-refractivity contribution in [2.45, 2.75) is 39.8 Å².